The van der Waals surface area contributed by atoms with Gasteiger partial charge in [-0.2, -0.15) is 0 Å². The number of benzene rings is 1. The third-order valence-corrected chi connectivity index (χ3v) is 4.05. The van der Waals surface area contributed by atoms with E-state index in [2.05, 4.69) is 39.7 Å². The third kappa shape index (κ3) is 3.62. The van der Waals surface area contributed by atoms with Gasteiger partial charge in [-0.15, -0.1) is 0 Å². The summed E-state index contributed by atoms with van der Waals surface area (Å²) in [4.78, 5) is 7.83. The fourth-order valence-corrected chi connectivity index (χ4v) is 3.05. The van der Waals surface area contributed by atoms with Gasteiger partial charge in [-0.1, -0.05) is 47.4 Å². The van der Waals surface area contributed by atoms with Gasteiger partial charge in [0.15, 0.2) is 0 Å². The lowest BCUT2D eigenvalue weighted by Gasteiger charge is -2.14. The fourth-order valence-electron chi connectivity index (χ4n) is 2.28. The first-order chi connectivity index (χ1) is 9.51. The van der Waals surface area contributed by atoms with Crippen LogP contribution in [0.3, 0.4) is 0 Å². The molecule has 0 amide bonds. The average Bonchev–Trinajstić information content (AvgIpc) is 2.85. The Morgan fingerprint density at radius 3 is 2.75 bits per heavy atom. The van der Waals surface area contributed by atoms with Gasteiger partial charge in [0.1, 0.15) is 5.82 Å². The van der Waals surface area contributed by atoms with Crippen LogP contribution in [0.15, 0.2) is 28.9 Å². The van der Waals surface area contributed by atoms with Crippen LogP contribution in [0.4, 0.5) is 0 Å². The van der Waals surface area contributed by atoms with Crippen LogP contribution < -0.4 is 5.73 Å². The zero-order chi connectivity index (χ0) is 14.7. The Morgan fingerprint density at radius 1 is 1.40 bits per heavy atom. The Bertz CT molecular complexity index is 580. The van der Waals surface area contributed by atoms with Crippen LogP contribution in [-0.4, -0.2) is 16.5 Å². The number of hydrogen-bond acceptors (Lipinski definition) is 2. The minimum absolute atomic E-state index is 0.262. The van der Waals surface area contributed by atoms with E-state index < -0.39 is 0 Å². The summed E-state index contributed by atoms with van der Waals surface area (Å²) in [5, 5.41) is 0.697. The normalized spacial score (nSPS) is 12.9. The largest absolute Gasteiger partial charge is 0.342 e. The van der Waals surface area contributed by atoms with Crippen molar-refractivity contribution in [3.63, 3.8) is 0 Å². The molecule has 0 fully saturated rings. The van der Waals surface area contributed by atoms with Crippen LogP contribution >= 0.6 is 27.5 Å². The number of hydrogen-bond donors (Lipinski definition) is 2. The van der Waals surface area contributed by atoms with E-state index in [1.165, 1.54) is 0 Å². The Kier molecular flexibility index (Phi) is 5.24. The van der Waals surface area contributed by atoms with E-state index in [4.69, 9.17) is 17.3 Å². The molecule has 0 aliphatic heterocycles. The van der Waals surface area contributed by atoms with E-state index >= 15 is 0 Å². The molecule has 2 aromatic rings. The van der Waals surface area contributed by atoms with Crippen molar-refractivity contribution in [3.8, 4) is 11.3 Å². The summed E-state index contributed by atoms with van der Waals surface area (Å²) in [7, 11) is 0. The zero-order valence-electron chi connectivity index (χ0n) is 11.7. The van der Waals surface area contributed by atoms with Gasteiger partial charge >= 0.3 is 0 Å². The van der Waals surface area contributed by atoms with Crippen molar-refractivity contribution < 1.29 is 0 Å². The van der Waals surface area contributed by atoms with Crippen LogP contribution in [0.2, 0.25) is 5.02 Å². The summed E-state index contributed by atoms with van der Waals surface area (Å²) in [5.41, 5.74) is 7.74. The van der Waals surface area contributed by atoms with E-state index in [-0.39, 0.29) is 5.92 Å². The molecular weight excluding hydrogens is 338 g/mol. The first-order valence-corrected chi connectivity index (χ1v) is 7.88. The predicted molar refractivity (Wildman–Crippen MR) is 88.0 cm³/mol. The van der Waals surface area contributed by atoms with Gasteiger partial charge in [-0.3, -0.25) is 0 Å². The fraction of sp³-hybridized carbons (Fsp3) is 0.400. The van der Waals surface area contributed by atoms with Gasteiger partial charge in [0.2, 0.25) is 0 Å². The summed E-state index contributed by atoms with van der Waals surface area (Å²) in [6, 6.07) is 5.83. The molecular formula is C15H19BrClN3. The van der Waals surface area contributed by atoms with Crippen molar-refractivity contribution in [2.45, 2.75) is 26.2 Å². The maximum atomic E-state index is 6.27. The van der Waals surface area contributed by atoms with Gasteiger partial charge in [0.05, 0.1) is 16.9 Å². The molecule has 20 heavy (non-hydrogen) atoms. The molecule has 0 saturated heterocycles. The Morgan fingerprint density at radius 2 is 2.15 bits per heavy atom. The Hall–Kier alpha value is -0.840. The second-order valence-corrected chi connectivity index (χ2v) is 6.69. The summed E-state index contributed by atoms with van der Waals surface area (Å²) < 4.78 is 0.964. The monoisotopic (exact) mass is 355 g/mol. The highest BCUT2D eigenvalue weighted by Gasteiger charge is 2.16. The van der Waals surface area contributed by atoms with Crippen molar-refractivity contribution in [1.82, 2.24) is 9.97 Å². The molecule has 0 spiro atoms. The highest BCUT2D eigenvalue weighted by Crippen LogP contribution is 2.30. The molecule has 0 bridgehead atoms. The topological polar surface area (TPSA) is 54.7 Å². The number of aromatic amines is 1. The molecule has 1 aromatic heterocycles. The van der Waals surface area contributed by atoms with Gasteiger partial charge in [0.25, 0.3) is 0 Å². The first-order valence-electron chi connectivity index (χ1n) is 6.71. The second-order valence-electron chi connectivity index (χ2n) is 5.37. The molecule has 0 aliphatic rings. The lowest BCUT2D eigenvalue weighted by atomic mass is 9.97. The minimum atomic E-state index is 0.262. The summed E-state index contributed by atoms with van der Waals surface area (Å²) in [6.45, 7) is 4.98. The number of H-pyrrole nitrogens is 1. The lowest BCUT2D eigenvalue weighted by molar-refractivity contribution is 0.490. The maximum Gasteiger partial charge on any atom is 0.110 e. The minimum Gasteiger partial charge on any atom is -0.342 e. The molecule has 0 saturated carbocycles. The van der Waals surface area contributed by atoms with Gasteiger partial charge in [0, 0.05) is 22.5 Å². The smallest absolute Gasteiger partial charge is 0.110 e. The van der Waals surface area contributed by atoms with Crippen LogP contribution in [-0.2, 0) is 0 Å². The van der Waals surface area contributed by atoms with Crippen LogP contribution in [0.5, 0.6) is 0 Å². The lowest BCUT2D eigenvalue weighted by Crippen LogP contribution is -2.15. The SMILES string of the molecule is CC(C)CC(CN)c1ncc(-c2ccc(Br)cc2Cl)[nH]1. The molecule has 0 aliphatic carbocycles. The van der Waals surface area contributed by atoms with E-state index in [9.17, 15) is 0 Å². The van der Waals surface area contributed by atoms with Crippen LogP contribution in [0, 0.1) is 5.92 Å². The number of nitrogens with one attached hydrogen (secondary N) is 1. The van der Waals surface area contributed by atoms with E-state index in [1.54, 1.807) is 0 Å². The summed E-state index contributed by atoms with van der Waals surface area (Å²) >= 11 is 9.68. The van der Waals surface area contributed by atoms with Crippen LogP contribution in [0.1, 0.15) is 32.0 Å². The molecule has 1 aromatic carbocycles. The number of aromatic nitrogens is 2. The number of nitrogens with zero attached hydrogens (tertiary/aromatic N) is 1. The molecule has 1 unspecified atom stereocenters. The number of imidazole rings is 1. The molecule has 3 nitrogen and oxygen atoms in total. The maximum absolute atomic E-state index is 6.27. The van der Waals surface area contributed by atoms with Crippen molar-refractivity contribution in [2.24, 2.45) is 11.7 Å². The molecule has 1 heterocycles. The molecule has 1 atom stereocenters. The standard InChI is InChI=1S/C15H19BrClN3/c1-9(2)5-10(7-18)15-19-8-14(20-15)12-4-3-11(16)6-13(12)17/h3-4,6,8-10H,5,7,18H2,1-2H3,(H,19,20). The van der Waals surface area contributed by atoms with Crippen molar-refractivity contribution in [3.05, 3.63) is 39.7 Å². The van der Waals surface area contributed by atoms with Gasteiger partial charge < -0.3 is 10.7 Å². The summed E-state index contributed by atoms with van der Waals surface area (Å²) in [6.07, 6.45) is 2.85. The predicted octanol–water partition coefficient (Wildman–Crippen LogP) is 4.58. The highest BCUT2D eigenvalue weighted by atomic mass is 79.9. The average molecular weight is 357 g/mol. The Labute approximate surface area is 133 Å². The highest BCUT2D eigenvalue weighted by molar-refractivity contribution is 9.10. The van der Waals surface area contributed by atoms with Gasteiger partial charge in [-0.05, 0) is 24.5 Å². The summed E-state index contributed by atoms with van der Waals surface area (Å²) in [5.74, 6) is 1.79. The number of nitrogens with two attached hydrogens (primary N) is 1. The molecule has 3 N–H and O–H groups in total. The zero-order valence-corrected chi connectivity index (χ0v) is 14.0. The Balaban J connectivity index is 2.27. The van der Waals surface area contributed by atoms with Crippen molar-refractivity contribution in [1.29, 1.82) is 0 Å². The third-order valence-electron chi connectivity index (χ3n) is 3.24. The molecule has 108 valence electrons. The van der Waals surface area contributed by atoms with Crippen molar-refractivity contribution in [2.75, 3.05) is 6.54 Å². The van der Waals surface area contributed by atoms with Crippen LogP contribution in [0.25, 0.3) is 11.3 Å². The second kappa shape index (κ2) is 6.74. The van der Waals surface area contributed by atoms with Crippen molar-refractivity contribution >= 4 is 27.5 Å². The quantitative estimate of drug-likeness (QED) is 0.823. The van der Waals surface area contributed by atoms with E-state index in [0.29, 0.717) is 17.5 Å². The number of rotatable bonds is 5. The molecule has 2 rings (SSSR count). The van der Waals surface area contributed by atoms with Gasteiger partial charge in [-0.25, -0.2) is 4.98 Å². The molecule has 0 radical (unpaired) electrons. The number of halogens is 2. The van der Waals surface area contributed by atoms with E-state index in [1.807, 2.05) is 24.4 Å². The van der Waals surface area contributed by atoms with E-state index in [0.717, 1.165) is 28.0 Å². The molecule has 5 heteroatoms. The first kappa shape index (κ1) is 15.5.